The van der Waals surface area contributed by atoms with Gasteiger partial charge in [0, 0.05) is 21.7 Å². The highest BCUT2D eigenvalue weighted by atomic mass is 16.3. The number of allylic oxidation sites excluding steroid dienone is 1. The standard InChI is InChI=1S/C48H30O2/c1-2-13-30-26-33(25-24-29(30)12-1)45-38-20-5-3-18-36(38)44(37-19-4-6-21-39(37)45)31-14-11-15-32(27-31)46-47-40(34-16-7-9-22-42(34)49-47)28-41-35-17-8-10-23-43(35)50-48(41)46/h1-7,9-16,18-28H,8,17H2. The van der Waals surface area contributed by atoms with Crippen molar-refractivity contribution in [1.29, 1.82) is 0 Å². The summed E-state index contributed by atoms with van der Waals surface area (Å²) in [5, 5.41) is 10.9. The first kappa shape index (κ1) is 27.6. The Bertz CT molecular complexity index is 2980. The second-order valence-corrected chi connectivity index (χ2v) is 13.5. The Labute approximate surface area is 288 Å². The summed E-state index contributed by atoms with van der Waals surface area (Å²) in [7, 11) is 0. The average molecular weight is 639 g/mol. The van der Waals surface area contributed by atoms with E-state index in [0.717, 1.165) is 62.8 Å². The molecule has 234 valence electrons. The van der Waals surface area contributed by atoms with Gasteiger partial charge in [-0.1, -0.05) is 127 Å². The van der Waals surface area contributed by atoms with Crippen molar-refractivity contribution < 1.29 is 8.83 Å². The molecule has 0 aliphatic heterocycles. The predicted molar refractivity (Wildman–Crippen MR) is 210 cm³/mol. The monoisotopic (exact) mass is 638 g/mol. The minimum atomic E-state index is 0.868. The van der Waals surface area contributed by atoms with Crippen molar-refractivity contribution in [1.82, 2.24) is 0 Å². The summed E-state index contributed by atoms with van der Waals surface area (Å²) in [6, 6.07) is 52.8. The fourth-order valence-corrected chi connectivity index (χ4v) is 8.47. The molecule has 0 saturated carbocycles. The van der Waals surface area contributed by atoms with E-state index in [0.29, 0.717) is 0 Å². The van der Waals surface area contributed by atoms with E-state index in [1.807, 2.05) is 6.07 Å². The van der Waals surface area contributed by atoms with Gasteiger partial charge in [-0.3, -0.25) is 0 Å². The zero-order valence-corrected chi connectivity index (χ0v) is 27.2. The van der Waals surface area contributed by atoms with Crippen LogP contribution < -0.4 is 0 Å². The van der Waals surface area contributed by atoms with Gasteiger partial charge in [-0.05, 0) is 103 Å². The van der Waals surface area contributed by atoms with Crippen LogP contribution in [0.3, 0.4) is 0 Å². The summed E-state index contributed by atoms with van der Waals surface area (Å²) in [6.45, 7) is 0. The largest absolute Gasteiger partial charge is 0.456 e. The molecule has 0 fully saturated rings. The SMILES string of the molecule is C1=Cc2oc3c(-c4cccc(-c5c6ccccc6c(-c6ccc7ccccc7c6)c6ccccc56)c4)c4oc5ccccc5c4cc3c2CC1. The number of benzene rings is 8. The van der Waals surface area contributed by atoms with Crippen molar-refractivity contribution in [2.45, 2.75) is 12.8 Å². The lowest BCUT2D eigenvalue weighted by Gasteiger charge is -2.18. The number of furan rings is 2. The molecule has 2 heterocycles. The Morgan fingerprint density at radius 1 is 0.400 bits per heavy atom. The first-order valence-corrected chi connectivity index (χ1v) is 17.4. The van der Waals surface area contributed by atoms with Crippen molar-refractivity contribution in [3.63, 3.8) is 0 Å². The summed E-state index contributed by atoms with van der Waals surface area (Å²) < 4.78 is 13.4. The van der Waals surface area contributed by atoms with E-state index in [4.69, 9.17) is 8.83 Å². The number of rotatable bonds is 3. The summed E-state index contributed by atoms with van der Waals surface area (Å²) in [6.07, 6.45) is 6.34. The summed E-state index contributed by atoms with van der Waals surface area (Å²) in [4.78, 5) is 0. The van der Waals surface area contributed by atoms with Gasteiger partial charge in [0.25, 0.3) is 0 Å². The molecule has 0 amide bonds. The van der Waals surface area contributed by atoms with Crippen molar-refractivity contribution >= 4 is 71.3 Å². The van der Waals surface area contributed by atoms with Crippen LogP contribution in [0.25, 0.3) is 105 Å². The lowest BCUT2D eigenvalue weighted by molar-refractivity contribution is 0.595. The van der Waals surface area contributed by atoms with Crippen LogP contribution in [0, 0.1) is 0 Å². The van der Waals surface area contributed by atoms with Gasteiger partial charge in [0.2, 0.25) is 0 Å². The number of hydrogen-bond acceptors (Lipinski definition) is 2. The fraction of sp³-hybridized carbons (Fsp3) is 0.0417. The van der Waals surface area contributed by atoms with Crippen LogP contribution in [0.1, 0.15) is 17.7 Å². The molecule has 11 rings (SSSR count). The van der Waals surface area contributed by atoms with E-state index in [2.05, 4.69) is 152 Å². The Morgan fingerprint density at radius 3 is 1.74 bits per heavy atom. The molecule has 1 aliphatic rings. The van der Waals surface area contributed by atoms with E-state index in [-0.39, 0.29) is 0 Å². The highest BCUT2D eigenvalue weighted by Crippen LogP contribution is 2.48. The van der Waals surface area contributed by atoms with Gasteiger partial charge in [-0.2, -0.15) is 0 Å². The van der Waals surface area contributed by atoms with Crippen LogP contribution in [0.5, 0.6) is 0 Å². The number of fused-ring (bicyclic) bond motifs is 9. The minimum absolute atomic E-state index is 0.868. The normalized spacial score (nSPS) is 13.0. The predicted octanol–water partition coefficient (Wildman–Crippen LogP) is 13.8. The summed E-state index contributed by atoms with van der Waals surface area (Å²) >= 11 is 0. The molecule has 1 aliphatic carbocycles. The maximum atomic E-state index is 6.71. The van der Waals surface area contributed by atoms with E-state index in [1.165, 1.54) is 60.0 Å². The van der Waals surface area contributed by atoms with Crippen LogP contribution in [-0.4, -0.2) is 0 Å². The van der Waals surface area contributed by atoms with Crippen LogP contribution >= 0.6 is 0 Å². The maximum absolute atomic E-state index is 6.71. The third-order valence-corrected chi connectivity index (χ3v) is 10.7. The smallest absolute Gasteiger partial charge is 0.147 e. The summed E-state index contributed by atoms with van der Waals surface area (Å²) in [5.74, 6) is 0.960. The van der Waals surface area contributed by atoms with Gasteiger partial charge in [0.05, 0.1) is 5.56 Å². The Hall–Kier alpha value is -6.38. The summed E-state index contributed by atoms with van der Waals surface area (Å²) in [5.41, 5.74) is 10.9. The van der Waals surface area contributed by atoms with Crippen LogP contribution in [0.15, 0.2) is 161 Å². The van der Waals surface area contributed by atoms with E-state index in [9.17, 15) is 0 Å². The first-order valence-electron chi connectivity index (χ1n) is 17.4. The lowest BCUT2D eigenvalue weighted by Crippen LogP contribution is -1.91. The molecule has 0 N–H and O–H groups in total. The van der Waals surface area contributed by atoms with E-state index < -0.39 is 0 Å². The third-order valence-electron chi connectivity index (χ3n) is 10.7. The van der Waals surface area contributed by atoms with Gasteiger partial charge in [-0.15, -0.1) is 0 Å². The molecule has 2 nitrogen and oxygen atoms in total. The second kappa shape index (κ2) is 10.6. The molecule has 8 aromatic carbocycles. The van der Waals surface area contributed by atoms with Gasteiger partial charge < -0.3 is 8.83 Å². The molecule has 10 aromatic rings. The van der Waals surface area contributed by atoms with E-state index in [1.54, 1.807) is 0 Å². The highest BCUT2D eigenvalue weighted by Gasteiger charge is 2.24. The molecule has 0 spiro atoms. The van der Waals surface area contributed by atoms with Gasteiger partial charge >= 0.3 is 0 Å². The number of hydrogen-bond donors (Lipinski definition) is 0. The van der Waals surface area contributed by atoms with Crippen molar-refractivity contribution in [3.05, 3.63) is 163 Å². The van der Waals surface area contributed by atoms with Crippen molar-refractivity contribution in [3.8, 4) is 33.4 Å². The highest BCUT2D eigenvalue weighted by molar-refractivity contribution is 6.22. The van der Waals surface area contributed by atoms with Gasteiger partial charge in [0.15, 0.2) is 0 Å². The van der Waals surface area contributed by atoms with Crippen LogP contribution in [0.2, 0.25) is 0 Å². The topological polar surface area (TPSA) is 26.3 Å². The average Bonchev–Trinajstić information content (AvgIpc) is 3.74. The Morgan fingerprint density at radius 2 is 1.00 bits per heavy atom. The zero-order valence-electron chi connectivity index (χ0n) is 27.2. The lowest BCUT2D eigenvalue weighted by atomic mass is 9.85. The third kappa shape index (κ3) is 3.96. The number of para-hydroxylation sites is 1. The molecule has 0 saturated heterocycles. The molecule has 2 aromatic heterocycles. The second-order valence-electron chi connectivity index (χ2n) is 13.5. The van der Waals surface area contributed by atoms with Crippen molar-refractivity contribution in [2.75, 3.05) is 0 Å². The minimum Gasteiger partial charge on any atom is -0.456 e. The van der Waals surface area contributed by atoms with Crippen molar-refractivity contribution in [2.24, 2.45) is 0 Å². The molecule has 2 heteroatoms. The fourth-order valence-electron chi connectivity index (χ4n) is 8.47. The quantitative estimate of drug-likeness (QED) is 0.180. The molecule has 50 heavy (non-hydrogen) atoms. The molecule has 0 bridgehead atoms. The maximum Gasteiger partial charge on any atom is 0.147 e. The van der Waals surface area contributed by atoms with Gasteiger partial charge in [-0.25, -0.2) is 0 Å². The van der Waals surface area contributed by atoms with E-state index >= 15 is 0 Å². The zero-order chi connectivity index (χ0) is 32.8. The van der Waals surface area contributed by atoms with Crippen LogP contribution in [0.4, 0.5) is 0 Å². The van der Waals surface area contributed by atoms with Crippen LogP contribution in [-0.2, 0) is 6.42 Å². The molecule has 0 radical (unpaired) electrons. The van der Waals surface area contributed by atoms with Gasteiger partial charge in [0.1, 0.15) is 22.5 Å². The number of aryl methyl sites for hydroxylation is 1. The molecular weight excluding hydrogens is 609 g/mol. The molecular formula is C48H30O2. The molecule has 0 atom stereocenters. The Balaban J connectivity index is 1.20. The first-order chi connectivity index (χ1) is 24.8. The Kier molecular flexibility index (Phi) is 5.82. The molecule has 0 unspecified atom stereocenters.